The van der Waals surface area contributed by atoms with Crippen LogP contribution in [0.1, 0.15) is 25.5 Å². The largest absolute Gasteiger partial charge is 0.335 e. The van der Waals surface area contributed by atoms with E-state index in [1.165, 1.54) is 6.42 Å². The molecular formula is C11H16N4O. The third-order valence-electron chi connectivity index (χ3n) is 2.96. The quantitative estimate of drug-likeness (QED) is 0.797. The van der Waals surface area contributed by atoms with E-state index in [4.69, 9.17) is 0 Å². The van der Waals surface area contributed by atoms with E-state index in [9.17, 15) is 4.79 Å². The summed E-state index contributed by atoms with van der Waals surface area (Å²) < 4.78 is 0. The van der Waals surface area contributed by atoms with Crippen molar-refractivity contribution in [2.24, 2.45) is 5.92 Å². The van der Waals surface area contributed by atoms with E-state index in [0.29, 0.717) is 17.8 Å². The second kappa shape index (κ2) is 4.47. The minimum absolute atomic E-state index is 0.199. The summed E-state index contributed by atoms with van der Waals surface area (Å²) in [6.45, 7) is 3.99. The number of carbonyl (C=O) groups is 1. The molecule has 5 nitrogen and oxygen atoms in total. The van der Waals surface area contributed by atoms with E-state index in [1.807, 2.05) is 6.92 Å². The third kappa shape index (κ3) is 2.48. The van der Waals surface area contributed by atoms with E-state index in [2.05, 4.69) is 27.5 Å². The average Bonchev–Trinajstić information content (AvgIpc) is 2.27. The number of nitrogens with one attached hydrogen (secondary N) is 2. The molecule has 2 amide bonds. The number of anilines is 1. The molecule has 0 radical (unpaired) electrons. The predicted molar refractivity (Wildman–Crippen MR) is 61.1 cm³/mol. The Hall–Kier alpha value is -1.65. The van der Waals surface area contributed by atoms with Crippen LogP contribution in [0, 0.1) is 12.8 Å². The number of hydrogen-bond acceptors (Lipinski definition) is 3. The molecule has 2 unspecified atom stereocenters. The number of aryl methyl sites for hydroxylation is 1. The summed E-state index contributed by atoms with van der Waals surface area (Å²) in [6.07, 6.45) is 5.43. The van der Waals surface area contributed by atoms with Crippen LogP contribution < -0.4 is 10.6 Å². The van der Waals surface area contributed by atoms with E-state index in [0.717, 1.165) is 12.1 Å². The Morgan fingerprint density at radius 1 is 1.38 bits per heavy atom. The van der Waals surface area contributed by atoms with Gasteiger partial charge in [-0.3, -0.25) is 10.3 Å². The highest BCUT2D eigenvalue weighted by atomic mass is 16.2. The molecule has 0 saturated heterocycles. The third-order valence-corrected chi connectivity index (χ3v) is 2.96. The maximum atomic E-state index is 11.6. The number of rotatable bonds is 2. The van der Waals surface area contributed by atoms with Crippen molar-refractivity contribution in [2.45, 2.75) is 32.7 Å². The highest BCUT2D eigenvalue weighted by molar-refractivity contribution is 5.88. The molecule has 2 rings (SSSR count). The van der Waals surface area contributed by atoms with Crippen LogP contribution in [0.3, 0.4) is 0 Å². The van der Waals surface area contributed by atoms with Gasteiger partial charge >= 0.3 is 6.03 Å². The molecule has 1 fully saturated rings. The van der Waals surface area contributed by atoms with Crippen LogP contribution >= 0.6 is 0 Å². The van der Waals surface area contributed by atoms with Gasteiger partial charge in [-0.1, -0.05) is 6.92 Å². The molecule has 0 aromatic carbocycles. The highest BCUT2D eigenvalue weighted by Gasteiger charge is 2.27. The molecule has 2 N–H and O–H groups in total. The molecule has 1 aliphatic carbocycles. The van der Waals surface area contributed by atoms with Gasteiger partial charge in [-0.2, -0.15) is 0 Å². The van der Waals surface area contributed by atoms with Crippen molar-refractivity contribution < 1.29 is 4.79 Å². The molecule has 0 bridgehead atoms. The zero-order chi connectivity index (χ0) is 11.5. The lowest BCUT2D eigenvalue weighted by molar-refractivity contribution is 0.213. The van der Waals surface area contributed by atoms with Crippen LogP contribution in [0.2, 0.25) is 0 Å². The smallest absolute Gasteiger partial charge is 0.320 e. The zero-order valence-electron chi connectivity index (χ0n) is 9.53. The molecule has 1 aromatic rings. The number of amides is 2. The van der Waals surface area contributed by atoms with Crippen LogP contribution in [-0.2, 0) is 0 Å². The Balaban J connectivity index is 1.85. The average molecular weight is 220 g/mol. The number of aromatic nitrogens is 2. The van der Waals surface area contributed by atoms with Crippen LogP contribution in [0.15, 0.2) is 12.4 Å². The van der Waals surface area contributed by atoms with Crippen molar-refractivity contribution in [1.29, 1.82) is 0 Å². The van der Waals surface area contributed by atoms with Crippen LogP contribution in [0.4, 0.5) is 10.6 Å². The first-order chi connectivity index (χ1) is 7.65. The first-order valence-electron chi connectivity index (χ1n) is 5.51. The lowest BCUT2D eigenvalue weighted by Gasteiger charge is -2.34. The van der Waals surface area contributed by atoms with Crippen LogP contribution in [0.5, 0.6) is 0 Å². The molecule has 16 heavy (non-hydrogen) atoms. The maximum absolute atomic E-state index is 11.6. The standard InChI is InChI=1S/C11H16N4O/c1-7-3-4-9(7)14-11(16)15-10-6-12-8(2)5-13-10/h5-7,9H,3-4H2,1-2H3,(H2,13,14,15,16). The minimum Gasteiger partial charge on any atom is -0.335 e. The van der Waals surface area contributed by atoms with Gasteiger partial charge in [-0.25, -0.2) is 9.78 Å². The van der Waals surface area contributed by atoms with Gasteiger partial charge in [0, 0.05) is 6.04 Å². The molecule has 86 valence electrons. The normalized spacial score (nSPS) is 23.4. The monoisotopic (exact) mass is 220 g/mol. The second-order valence-electron chi connectivity index (χ2n) is 4.30. The Bertz CT molecular complexity index is 376. The molecule has 0 aliphatic heterocycles. The van der Waals surface area contributed by atoms with Crippen molar-refractivity contribution in [2.75, 3.05) is 5.32 Å². The van der Waals surface area contributed by atoms with Crippen LogP contribution in [0.25, 0.3) is 0 Å². The number of hydrogen-bond donors (Lipinski definition) is 2. The van der Waals surface area contributed by atoms with Gasteiger partial charge in [0.05, 0.1) is 18.1 Å². The number of urea groups is 1. The maximum Gasteiger partial charge on any atom is 0.320 e. The Labute approximate surface area is 94.7 Å². The summed E-state index contributed by atoms with van der Waals surface area (Å²) >= 11 is 0. The van der Waals surface area contributed by atoms with Crippen molar-refractivity contribution >= 4 is 11.8 Å². The van der Waals surface area contributed by atoms with Gasteiger partial charge in [-0.05, 0) is 25.7 Å². The summed E-state index contributed by atoms with van der Waals surface area (Å²) in [4.78, 5) is 19.7. The molecule has 5 heteroatoms. The zero-order valence-corrected chi connectivity index (χ0v) is 9.53. The molecule has 1 aliphatic rings. The van der Waals surface area contributed by atoms with Crippen molar-refractivity contribution in [1.82, 2.24) is 15.3 Å². The fourth-order valence-corrected chi connectivity index (χ4v) is 1.66. The topological polar surface area (TPSA) is 66.9 Å². The molecule has 2 atom stereocenters. The molecular weight excluding hydrogens is 204 g/mol. The fraction of sp³-hybridized carbons (Fsp3) is 0.545. The minimum atomic E-state index is -0.199. The SMILES string of the molecule is Cc1cnc(NC(=O)NC2CCC2C)cn1. The van der Waals surface area contributed by atoms with E-state index in [1.54, 1.807) is 12.4 Å². The van der Waals surface area contributed by atoms with Gasteiger partial charge in [0.25, 0.3) is 0 Å². The van der Waals surface area contributed by atoms with E-state index < -0.39 is 0 Å². The molecule has 0 spiro atoms. The van der Waals surface area contributed by atoms with Gasteiger partial charge in [0.2, 0.25) is 0 Å². The second-order valence-corrected chi connectivity index (χ2v) is 4.30. The predicted octanol–water partition coefficient (Wildman–Crippen LogP) is 1.71. The van der Waals surface area contributed by atoms with Crippen molar-refractivity contribution in [3.05, 3.63) is 18.1 Å². The Morgan fingerprint density at radius 3 is 2.69 bits per heavy atom. The summed E-state index contributed by atoms with van der Waals surface area (Å²) in [5.41, 5.74) is 0.832. The van der Waals surface area contributed by atoms with E-state index in [-0.39, 0.29) is 6.03 Å². The number of nitrogens with zero attached hydrogens (tertiary/aromatic N) is 2. The Morgan fingerprint density at radius 2 is 2.19 bits per heavy atom. The first kappa shape index (κ1) is 10.9. The lowest BCUT2D eigenvalue weighted by atomic mass is 9.81. The van der Waals surface area contributed by atoms with Gasteiger partial charge in [0.15, 0.2) is 5.82 Å². The number of carbonyl (C=O) groups excluding carboxylic acids is 1. The fourth-order valence-electron chi connectivity index (χ4n) is 1.66. The highest BCUT2D eigenvalue weighted by Crippen LogP contribution is 2.26. The van der Waals surface area contributed by atoms with Crippen molar-refractivity contribution in [3.8, 4) is 0 Å². The van der Waals surface area contributed by atoms with Gasteiger partial charge in [0.1, 0.15) is 0 Å². The molecule has 1 aromatic heterocycles. The first-order valence-corrected chi connectivity index (χ1v) is 5.51. The van der Waals surface area contributed by atoms with Gasteiger partial charge < -0.3 is 5.32 Å². The summed E-state index contributed by atoms with van der Waals surface area (Å²) in [7, 11) is 0. The molecule has 1 saturated carbocycles. The Kier molecular flexibility index (Phi) is 3.03. The summed E-state index contributed by atoms with van der Waals surface area (Å²) in [5.74, 6) is 1.06. The van der Waals surface area contributed by atoms with Crippen molar-refractivity contribution in [3.63, 3.8) is 0 Å². The summed E-state index contributed by atoms with van der Waals surface area (Å²) in [6, 6.07) is 0.105. The van der Waals surface area contributed by atoms with Crippen LogP contribution in [-0.4, -0.2) is 22.0 Å². The lowest BCUT2D eigenvalue weighted by Crippen LogP contribution is -2.47. The van der Waals surface area contributed by atoms with Gasteiger partial charge in [-0.15, -0.1) is 0 Å². The summed E-state index contributed by atoms with van der Waals surface area (Å²) in [5, 5.41) is 5.58. The van der Waals surface area contributed by atoms with E-state index >= 15 is 0 Å². The molecule has 1 heterocycles.